The van der Waals surface area contributed by atoms with Gasteiger partial charge in [0.25, 0.3) is 0 Å². The van der Waals surface area contributed by atoms with Crippen LogP contribution in [-0.2, 0) is 19.6 Å². The molecule has 0 saturated heterocycles. The molecular weight excluding hydrogens is 266 g/mol. The van der Waals surface area contributed by atoms with Crippen molar-refractivity contribution in [1.29, 1.82) is 0 Å². The predicted octanol–water partition coefficient (Wildman–Crippen LogP) is 1.16. The zero-order valence-corrected chi connectivity index (χ0v) is 11.5. The standard InChI is InChI=1S/C13H17NO4S/c1-10-9-12(10)13(15)18-8-7-14-19(16,17)11-5-3-2-4-6-11/h2-6,10,12,14H,7-9H2,1H3/t10-,12-/m1/s1. The van der Waals surface area contributed by atoms with E-state index in [2.05, 4.69) is 4.72 Å². The summed E-state index contributed by atoms with van der Waals surface area (Å²) in [5.74, 6) is 0.172. The monoisotopic (exact) mass is 283 g/mol. The van der Waals surface area contributed by atoms with Crippen LogP contribution in [-0.4, -0.2) is 27.5 Å². The summed E-state index contributed by atoms with van der Waals surface area (Å²) in [4.78, 5) is 11.6. The second-order valence-corrected chi connectivity index (χ2v) is 6.46. The summed E-state index contributed by atoms with van der Waals surface area (Å²) in [6.07, 6.45) is 0.870. The third-order valence-corrected chi connectivity index (χ3v) is 4.58. The van der Waals surface area contributed by atoms with Crippen molar-refractivity contribution in [3.63, 3.8) is 0 Å². The van der Waals surface area contributed by atoms with E-state index in [1.807, 2.05) is 6.92 Å². The third kappa shape index (κ3) is 3.78. The van der Waals surface area contributed by atoms with Crippen LogP contribution >= 0.6 is 0 Å². The summed E-state index contributed by atoms with van der Waals surface area (Å²) in [5, 5.41) is 0. The lowest BCUT2D eigenvalue weighted by Crippen LogP contribution is -2.28. The van der Waals surface area contributed by atoms with E-state index in [1.54, 1.807) is 18.2 Å². The van der Waals surface area contributed by atoms with E-state index in [1.165, 1.54) is 12.1 Å². The Hall–Kier alpha value is -1.40. The summed E-state index contributed by atoms with van der Waals surface area (Å²) >= 11 is 0. The highest BCUT2D eigenvalue weighted by molar-refractivity contribution is 7.89. The fourth-order valence-corrected chi connectivity index (χ4v) is 2.80. The normalized spacial score (nSPS) is 21.9. The largest absolute Gasteiger partial charge is 0.464 e. The number of carbonyl (C=O) groups is 1. The minimum atomic E-state index is -3.51. The highest BCUT2D eigenvalue weighted by Crippen LogP contribution is 2.38. The maximum atomic E-state index is 11.8. The Labute approximate surface area is 113 Å². The Morgan fingerprint density at radius 1 is 1.37 bits per heavy atom. The SMILES string of the molecule is C[C@@H]1C[C@H]1C(=O)OCCNS(=O)(=O)c1ccccc1. The lowest BCUT2D eigenvalue weighted by Gasteiger charge is -2.07. The molecule has 5 nitrogen and oxygen atoms in total. The van der Waals surface area contributed by atoms with Gasteiger partial charge in [-0.15, -0.1) is 0 Å². The second-order valence-electron chi connectivity index (χ2n) is 4.70. The van der Waals surface area contributed by atoms with Gasteiger partial charge in [0.15, 0.2) is 0 Å². The molecule has 0 radical (unpaired) electrons. The maximum absolute atomic E-state index is 11.8. The second kappa shape index (κ2) is 5.71. The van der Waals surface area contributed by atoms with Crippen molar-refractivity contribution in [1.82, 2.24) is 4.72 Å². The van der Waals surface area contributed by atoms with Gasteiger partial charge in [0.05, 0.1) is 10.8 Å². The van der Waals surface area contributed by atoms with Crippen molar-refractivity contribution in [2.24, 2.45) is 11.8 Å². The van der Waals surface area contributed by atoms with E-state index < -0.39 is 10.0 Å². The van der Waals surface area contributed by atoms with Gasteiger partial charge in [0, 0.05) is 6.54 Å². The molecular formula is C13H17NO4S. The number of carbonyl (C=O) groups excluding carboxylic acids is 1. The number of benzene rings is 1. The summed E-state index contributed by atoms with van der Waals surface area (Å²) < 4.78 is 31.0. The van der Waals surface area contributed by atoms with Crippen molar-refractivity contribution < 1.29 is 17.9 Å². The van der Waals surface area contributed by atoms with Crippen molar-refractivity contribution in [2.45, 2.75) is 18.2 Å². The number of rotatable bonds is 6. The molecule has 1 aliphatic carbocycles. The van der Waals surface area contributed by atoms with Gasteiger partial charge in [-0.25, -0.2) is 13.1 Å². The molecule has 1 saturated carbocycles. The smallest absolute Gasteiger partial charge is 0.309 e. The molecule has 0 spiro atoms. The van der Waals surface area contributed by atoms with Gasteiger partial charge in [-0.2, -0.15) is 0 Å². The quantitative estimate of drug-likeness (QED) is 0.628. The molecule has 2 rings (SSSR count). The first-order valence-electron chi connectivity index (χ1n) is 6.22. The predicted molar refractivity (Wildman–Crippen MR) is 69.9 cm³/mol. The molecule has 6 heteroatoms. The molecule has 1 fully saturated rings. The van der Waals surface area contributed by atoms with E-state index in [9.17, 15) is 13.2 Å². The van der Waals surface area contributed by atoms with Gasteiger partial charge in [-0.1, -0.05) is 25.1 Å². The molecule has 0 unspecified atom stereocenters. The molecule has 1 aliphatic rings. The zero-order valence-electron chi connectivity index (χ0n) is 10.7. The first-order valence-corrected chi connectivity index (χ1v) is 7.70. The molecule has 1 aromatic rings. The van der Waals surface area contributed by atoms with Gasteiger partial charge in [0.1, 0.15) is 6.61 Å². The van der Waals surface area contributed by atoms with E-state index in [-0.39, 0.29) is 29.9 Å². The highest BCUT2D eigenvalue weighted by Gasteiger charge is 2.40. The number of hydrogen-bond donors (Lipinski definition) is 1. The topological polar surface area (TPSA) is 72.5 Å². The molecule has 0 heterocycles. The van der Waals surface area contributed by atoms with Crippen molar-refractivity contribution in [3.8, 4) is 0 Å². The molecule has 2 atom stereocenters. The number of nitrogens with one attached hydrogen (secondary N) is 1. The summed E-state index contributed by atoms with van der Waals surface area (Å²) in [5.41, 5.74) is 0. The lowest BCUT2D eigenvalue weighted by atomic mass is 10.3. The average Bonchev–Trinajstić information content (AvgIpc) is 3.13. The van der Waals surface area contributed by atoms with Crippen molar-refractivity contribution in [2.75, 3.05) is 13.2 Å². The van der Waals surface area contributed by atoms with Gasteiger partial charge >= 0.3 is 5.97 Å². The maximum Gasteiger partial charge on any atom is 0.309 e. The van der Waals surface area contributed by atoms with Crippen LogP contribution in [0.5, 0.6) is 0 Å². The highest BCUT2D eigenvalue weighted by atomic mass is 32.2. The van der Waals surface area contributed by atoms with E-state index in [0.717, 1.165) is 6.42 Å². The van der Waals surface area contributed by atoms with Crippen LogP contribution in [0.25, 0.3) is 0 Å². The molecule has 0 bridgehead atoms. The average molecular weight is 283 g/mol. The Morgan fingerprint density at radius 2 is 2.00 bits per heavy atom. The minimum absolute atomic E-state index is 0.00531. The first-order chi connectivity index (χ1) is 9.00. The van der Waals surface area contributed by atoms with Gasteiger partial charge in [-0.05, 0) is 24.5 Å². The van der Waals surface area contributed by atoms with Crippen LogP contribution in [0.1, 0.15) is 13.3 Å². The van der Waals surface area contributed by atoms with Crippen LogP contribution in [0, 0.1) is 11.8 Å². The number of esters is 1. The Kier molecular flexibility index (Phi) is 4.21. The number of ether oxygens (including phenoxy) is 1. The minimum Gasteiger partial charge on any atom is -0.464 e. The fourth-order valence-electron chi connectivity index (χ4n) is 1.77. The Balaban J connectivity index is 1.75. The lowest BCUT2D eigenvalue weighted by molar-refractivity contribution is -0.145. The number of hydrogen-bond acceptors (Lipinski definition) is 4. The third-order valence-electron chi connectivity index (χ3n) is 3.10. The molecule has 0 aliphatic heterocycles. The van der Waals surface area contributed by atoms with E-state index in [4.69, 9.17) is 4.74 Å². The van der Waals surface area contributed by atoms with Gasteiger partial charge < -0.3 is 4.74 Å². The van der Waals surface area contributed by atoms with Crippen LogP contribution < -0.4 is 4.72 Å². The first kappa shape index (κ1) is 14.0. The van der Waals surface area contributed by atoms with Crippen molar-refractivity contribution in [3.05, 3.63) is 30.3 Å². The van der Waals surface area contributed by atoms with Crippen LogP contribution in [0.2, 0.25) is 0 Å². The van der Waals surface area contributed by atoms with Crippen LogP contribution in [0.15, 0.2) is 35.2 Å². The molecule has 1 N–H and O–H groups in total. The number of sulfonamides is 1. The Morgan fingerprint density at radius 3 is 2.58 bits per heavy atom. The van der Waals surface area contributed by atoms with E-state index in [0.29, 0.717) is 5.92 Å². The summed E-state index contributed by atoms with van der Waals surface area (Å²) in [6, 6.07) is 8.09. The van der Waals surface area contributed by atoms with E-state index >= 15 is 0 Å². The summed E-state index contributed by atoms with van der Waals surface area (Å²) in [6.45, 7) is 2.14. The summed E-state index contributed by atoms with van der Waals surface area (Å²) in [7, 11) is -3.51. The van der Waals surface area contributed by atoms with Crippen LogP contribution in [0.3, 0.4) is 0 Å². The van der Waals surface area contributed by atoms with Gasteiger partial charge in [-0.3, -0.25) is 4.79 Å². The Bertz CT molecular complexity index is 541. The molecule has 19 heavy (non-hydrogen) atoms. The molecule has 1 aromatic carbocycles. The molecule has 0 aromatic heterocycles. The van der Waals surface area contributed by atoms with Crippen molar-refractivity contribution >= 4 is 16.0 Å². The zero-order chi connectivity index (χ0) is 13.9. The fraction of sp³-hybridized carbons (Fsp3) is 0.462. The molecule has 104 valence electrons. The van der Waals surface area contributed by atoms with Gasteiger partial charge in [0.2, 0.25) is 10.0 Å². The van der Waals surface area contributed by atoms with Crippen LogP contribution in [0.4, 0.5) is 0 Å². The molecule has 0 amide bonds.